The molecule has 0 aromatic carbocycles. The molecule has 1 aromatic heterocycles. The number of rotatable bonds is 4. The number of aromatic nitrogens is 2. The first-order valence-corrected chi connectivity index (χ1v) is 9.38. The number of hydrogen-bond donors (Lipinski definition) is 0. The fourth-order valence-electron chi connectivity index (χ4n) is 4.06. The number of likely N-dealkylation sites (tertiary alicyclic amines) is 1. The Labute approximate surface area is 148 Å². The Morgan fingerprint density at radius 1 is 1.24 bits per heavy atom. The Hall–Kier alpha value is -1.89. The summed E-state index contributed by atoms with van der Waals surface area (Å²) in [7, 11) is 1.93. The molecule has 7 heteroatoms. The number of nitrogens with zero attached hydrogens (tertiary/aromatic N) is 5. The highest BCUT2D eigenvalue weighted by atomic mass is 16.2. The van der Waals surface area contributed by atoms with E-state index in [2.05, 4.69) is 10.00 Å². The van der Waals surface area contributed by atoms with Crippen molar-refractivity contribution in [3.8, 4) is 0 Å². The zero-order chi connectivity index (χ0) is 17.4. The van der Waals surface area contributed by atoms with Crippen LogP contribution in [-0.4, -0.2) is 75.1 Å². The average molecular weight is 345 g/mol. The minimum Gasteiger partial charge on any atom is -0.341 e. The molecule has 136 valence electrons. The second-order valence-corrected chi connectivity index (χ2v) is 7.66. The highest BCUT2D eigenvalue weighted by molar-refractivity contribution is 5.89. The second-order valence-electron chi connectivity index (χ2n) is 7.66. The van der Waals surface area contributed by atoms with Crippen LogP contribution in [0.2, 0.25) is 0 Å². The number of aryl methyl sites for hydroxylation is 1. The van der Waals surface area contributed by atoms with Crippen molar-refractivity contribution in [2.75, 3.05) is 32.7 Å². The third-order valence-corrected chi connectivity index (χ3v) is 5.56. The predicted molar refractivity (Wildman–Crippen MR) is 92.5 cm³/mol. The molecule has 2 aliphatic heterocycles. The van der Waals surface area contributed by atoms with Crippen LogP contribution in [0.5, 0.6) is 0 Å². The summed E-state index contributed by atoms with van der Waals surface area (Å²) in [6.45, 7) is 4.96. The first-order chi connectivity index (χ1) is 12.1. The molecule has 3 fully saturated rings. The highest BCUT2D eigenvalue weighted by Crippen LogP contribution is 2.33. The van der Waals surface area contributed by atoms with E-state index in [9.17, 15) is 9.59 Å². The molecule has 0 spiro atoms. The van der Waals surface area contributed by atoms with Gasteiger partial charge in [-0.3, -0.25) is 19.2 Å². The molecule has 4 rings (SSSR count). The van der Waals surface area contributed by atoms with E-state index in [0.29, 0.717) is 19.0 Å². The van der Waals surface area contributed by atoms with Crippen LogP contribution in [0.4, 0.5) is 0 Å². The van der Waals surface area contributed by atoms with Crippen LogP contribution in [0.1, 0.15) is 31.2 Å². The Bertz CT molecular complexity index is 654. The summed E-state index contributed by atoms with van der Waals surface area (Å²) in [6, 6.07) is 0.421. The molecule has 7 nitrogen and oxygen atoms in total. The Morgan fingerprint density at radius 2 is 2.08 bits per heavy atom. The van der Waals surface area contributed by atoms with Gasteiger partial charge in [0.25, 0.3) is 0 Å². The highest BCUT2D eigenvalue weighted by Gasteiger charge is 2.42. The lowest BCUT2D eigenvalue weighted by molar-refractivity contribution is -0.135. The molecule has 1 aliphatic carbocycles. The molecule has 0 N–H and O–H groups in total. The van der Waals surface area contributed by atoms with Crippen molar-refractivity contribution >= 4 is 11.8 Å². The van der Waals surface area contributed by atoms with Crippen LogP contribution >= 0.6 is 0 Å². The number of hydrogen-bond acceptors (Lipinski definition) is 4. The van der Waals surface area contributed by atoms with Gasteiger partial charge in [0, 0.05) is 70.5 Å². The molecule has 25 heavy (non-hydrogen) atoms. The largest absolute Gasteiger partial charge is 0.341 e. The molecule has 2 saturated heterocycles. The van der Waals surface area contributed by atoms with E-state index < -0.39 is 0 Å². The van der Waals surface area contributed by atoms with E-state index in [0.717, 1.165) is 52.0 Å². The molecule has 1 aromatic rings. The molecule has 1 unspecified atom stereocenters. The quantitative estimate of drug-likeness (QED) is 0.796. The SMILES string of the molecule is Cn1cc(CN2CCCN(C(=O)C3CC(=O)N(C4CC4)C3)CC2)cn1. The average Bonchev–Trinajstić information content (AvgIpc) is 3.30. The van der Waals surface area contributed by atoms with Gasteiger partial charge in [-0.15, -0.1) is 0 Å². The lowest BCUT2D eigenvalue weighted by Gasteiger charge is -2.24. The molecule has 1 saturated carbocycles. The number of carbonyl (C=O) groups excluding carboxylic acids is 2. The maximum Gasteiger partial charge on any atom is 0.228 e. The summed E-state index contributed by atoms with van der Waals surface area (Å²) in [5, 5.41) is 4.22. The van der Waals surface area contributed by atoms with Crippen molar-refractivity contribution in [1.82, 2.24) is 24.5 Å². The van der Waals surface area contributed by atoms with Gasteiger partial charge in [-0.2, -0.15) is 5.10 Å². The fraction of sp³-hybridized carbons (Fsp3) is 0.722. The van der Waals surface area contributed by atoms with E-state index in [1.54, 1.807) is 0 Å². The Kier molecular flexibility index (Phi) is 4.50. The standard InChI is InChI=1S/C18H27N5O2/c1-20-11-14(10-19-20)12-21-5-2-6-22(8-7-21)18(25)15-9-17(24)23(13-15)16-3-4-16/h10-11,15-16H,2-9,12-13H2,1H3. The number of amides is 2. The fourth-order valence-corrected chi connectivity index (χ4v) is 4.06. The summed E-state index contributed by atoms with van der Waals surface area (Å²) >= 11 is 0. The van der Waals surface area contributed by atoms with Gasteiger partial charge >= 0.3 is 0 Å². The molecular formula is C18H27N5O2. The van der Waals surface area contributed by atoms with Crippen LogP contribution in [0.25, 0.3) is 0 Å². The summed E-state index contributed by atoms with van der Waals surface area (Å²) in [6.07, 6.45) is 7.57. The molecule has 0 radical (unpaired) electrons. The van der Waals surface area contributed by atoms with Crippen molar-refractivity contribution in [3.05, 3.63) is 18.0 Å². The summed E-state index contributed by atoms with van der Waals surface area (Å²) in [4.78, 5) is 31.3. The Balaban J connectivity index is 1.31. The van der Waals surface area contributed by atoms with Crippen molar-refractivity contribution in [3.63, 3.8) is 0 Å². The van der Waals surface area contributed by atoms with Crippen molar-refractivity contribution in [2.24, 2.45) is 13.0 Å². The second kappa shape index (κ2) is 6.78. The van der Waals surface area contributed by atoms with Crippen LogP contribution in [0.3, 0.4) is 0 Å². The van der Waals surface area contributed by atoms with Crippen molar-refractivity contribution in [1.29, 1.82) is 0 Å². The minimum absolute atomic E-state index is 0.127. The maximum atomic E-state index is 12.9. The van der Waals surface area contributed by atoms with Crippen molar-refractivity contribution < 1.29 is 9.59 Å². The normalized spacial score (nSPS) is 25.5. The smallest absolute Gasteiger partial charge is 0.228 e. The summed E-state index contributed by atoms with van der Waals surface area (Å²) in [5.41, 5.74) is 1.21. The summed E-state index contributed by atoms with van der Waals surface area (Å²) in [5.74, 6) is 0.228. The van der Waals surface area contributed by atoms with Gasteiger partial charge in [0.05, 0.1) is 12.1 Å². The lowest BCUT2D eigenvalue weighted by atomic mass is 10.1. The van der Waals surface area contributed by atoms with Crippen LogP contribution in [-0.2, 0) is 23.2 Å². The van der Waals surface area contributed by atoms with Gasteiger partial charge in [0.1, 0.15) is 0 Å². The molecule has 0 bridgehead atoms. The van der Waals surface area contributed by atoms with Gasteiger partial charge < -0.3 is 9.80 Å². The molecule has 3 aliphatic rings. The van der Waals surface area contributed by atoms with Crippen molar-refractivity contribution in [2.45, 2.75) is 38.3 Å². The van der Waals surface area contributed by atoms with Crippen LogP contribution < -0.4 is 0 Å². The first kappa shape index (κ1) is 16.6. The predicted octanol–water partition coefficient (Wildman–Crippen LogP) is 0.465. The molecular weight excluding hydrogens is 318 g/mol. The molecule has 2 amide bonds. The topological polar surface area (TPSA) is 61.7 Å². The maximum absolute atomic E-state index is 12.9. The minimum atomic E-state index is -0.127. The van der Waals surface area contributed by atoms with Crippen LogP contribution in [0, 0.1) is 5.92 Å². The molecule has 3 heterocycles. The Morgan fingerprint density at radius 3 is 2.80 bits per heavy atom. The van der Waals surface area contributed by atoms with Gasteiger partial charge in [-0.25, -0.2) is 0 Å². The van der Waals surface area contributed by atoms with E-state index >= 15 is 0 Å². The first-order valence-electron chi connectivity index (χ1n) is 9.38. The van der Waals surface area contributed by atoms with Gasteiger partial charge in [-0.05, 0) is 19.3 Å². The summed E-state index contributed by atoms with van der Waals surface area (Å²) < 4.78 is 1.83. The van der Waals surface area contributed by atoms with Crippen LogP contribution in [0.15, 0.2) is 12.4 Å². The van der Waals surface area contributed by atoms with Gasteiger partial charge in [0.15, 0.2) is 0 Å². The van der Waals surface area contributed by atoms with E-state index in [4.69, 9.17) is 0 Å². The zero-order valence-electron chi connectivity index (χ0n) is 14.9. The zero-order valence-corrected chi connectivity index (χ0v) is 14.9. The third-order valence-electron chi connectivity index (χ3n) is 5.56. The van der Waals surface area contributed by atoms with E-state index in [1.165, 1.54) is 5.56 Å². The molecule has 1 atom stereocenters. The van der Waals surface area contributed by atoms with E-state index in [-0.39, 0.29) is 17.7 Å². The lowest BCUT2D eigenvalue weighted by Crippen LogP contribution is -2.40. The van der Waals surface area contributed by atoms with E-state index in [1.807, 2.05) is 33.9 Å². The van der Waals surface area contributed by atoms with Gasteiger partial charge in [-0.1, -0.05) is 0 Å². The number of carbonyl (C=O) groups is 2. The monoisotopic (exact) mass is 345 g/mol. The third kappa shape index (κ3) is 3.71. The van der Waals surface area contributed by atoms with Gasteiger partial charge in [0.2, 0.25) is 11.8 Å².